The lowest BCUT2D eigenvalue weighted by Gasteiger charge is -2.32. The van der Waals surface area contributed by atoms with E-state index in [0.717, 1.165) is 44.4 Å². The van der Waals surface area contributed by atoms with Gasteiger partial charge in [-0.05, 0) is 67.5 Å². The lowest BCUT2D eigenvalue weighted by Crippen LogP contribution is -2.41. The van der Waals surface area contributed by atoms with Gasteiger partial charge in [0.2, 0.25) is 0 Å². The Kier molecular flexibility index (Phi) is 7.40. The lowest BCUT2D eigenvalue weighted by molar-refractivity contribution is 0.00578. The average Bonchev–Trinajstić information content (AvgIpc) is 3.31. The van der Waals surface area contributed by atoms with Crippen molar-refractivity contribution in [1.82, 2.24) is 15.0 Å². The Morgan fingerprint density at radius 2 is 0.756 bits per heavy atom. The van der Waals surface area contributed by atoms with Gasteiger partial charge in [0, 0.05) is 16.7 Å². The van der Waals surface area contributed by atoms with Crippen molar-refractivity contribution < 1.29 is 9.31 Å². The predicted molar refractivity (Wildman–Crippen MR) is 183 cm³/mol. The van der Waals surface area contributed by atoms with Crippen molar-refractivity contribution in [1.29, 1.82) is 0 Å². The Labute approximate surface area is 265 Å². The minimum atomic E-state index is -0.406. The van der Waals surface area contributed by atoms with Crippen molar-refractivity contribution in [2.24, 2.45) is 0 Å². The van der Waals surface area contributed by atoms with Crippen molar-refractivity contribution >= 4 is 12.6 Å². The number of benzene rings is 5. The highest BCUT2D eigenvalue weighted by molar-refractivity contribution is 6.62. The molecule has 0 saturated carbocycles. The molecule has 1 saturated heterocycles. The molecule has 0 N–H and O–H groups in total. The van der Waals surface area contributed by atoms with Gasteiger partial charge in [0.25, 0.3) is 0 Å². The Balaban J connectivity index is 1.24. The van der Waals surface area contributed by atoms with Crippen molar-refractivity contribution in [3.8, 4) is 56.4 Å². The molecule has 1 aromatic heterocycles. The number of hydrogen-bond acceptors (Lipinski definition) is 5. The van der Waals surface area contributed by atoms with Gasteiger partial charge in [0.15, 0.2) is 17.5 Å². The first-order chi connectivity index (χ1) is 21.8. The third-order valence-electron chi connectivity index (χ3n) is 8.76. The molecule has 1 aliphatic rings. The van der Waals surface area contributed by atoms with Crippen LogP contribution in [0.4, 0.5) is 0 Å². The fourth-order valence-electron chi connectivity index (χ4n) is 5.50. The maximum absolute atomic E-state index is 6.32. The molecule has 45 heavy (non-hydrogen) atoms. The van der Waals surface area contributed by atoms with Crippen LogP contribution in [0.2, 0.25) is 0 Å². The van der Waals surface area contributed by atoms with E-state index in [1.807, 2.05) is 60.7 Å². The molecule has 0 amide bonds. The standard InChI is InChI=1S/C39H34BN3O2/c1-38(2)39(3,4)45-40(44-38)34-23-13-21-32(26-34)30-19-11-18-29(24-30)31-20-12-22-33(25-31)37-42-35(27-14-7-5-8-15-27)41-36(43-37)28-16-9-6-10-17-28/h5-26H,1-4H3. The Bertz CT molecular complexity index is 1900. The lowest BCUT2D eigenvalue weighted by atomic mass is 9.78. The van der Waals surface area contributed by atoms with Gasteiger partial charge in [-0.1, -0.05) is 121 Å². The first-order valence-electron chi connectivity index (χ1n) is 15.3. The van der Waals surface area contributed by atoms with E-state index < -0.39 is 7.12 Å². The van der Waals surface area contributed by atoms with Crippen molar-refractivity contribution in [3.05, 3.63) is 133 Å². The minimum absolute atomic E-state index is 0.388. The zero-order valence-electron chi connectivity index (χ0n) is 25.9. The maximum atomic E-state index is 6.32. The quantitative estimate of drug-likeness (QED) is 0.183. The van der Waals surface area contributed by atoms with E-state index >= 15 is 0 Å². The molecule has 0 unspecified atom stereocenters. The van der Waals surface area contributed by atoms with E-state index in [-0.39, 0.29) is 11.2 Å². The first kappa shape index (κ1) is 28.8. The van der Waals surface area contributed by atoms with Crippen molar-refractivity contribution in [3.63, 3.8) is 0 Å². The van der Waals surface area contributed by atoms with Crippen LogP contribution >= 0.6 is 0 Å². The Morgan fingerprint density at radius 1 is 0.400 bits per heavy atom. The number of nitrogens with zero attached hydrogens (tertiary/aromatic N) is 3. The summed E-state index contributed by atoms with van der Waals surface area (Å²) >= 11 is 0. The zero-order chi connectivity index (χ0) is 31.0. The molecule has 6 aromatic rings. The van der Waals surface area contributed by atoms with Crippen LogP contribution in [0.15, 0.2) is 133 Å². The van der Waals surface area contributed by atoms with Gasteiger partial charge in [0.1, 0.15) is 0 Å². The van der Waals surface area contributed by atoms with E-state index in [2.05, 4.69) is 100 Å². The summed E-state index contributed by atoms with van der Waals surface area (Å²) in [6.45, 7) is 8.32. The van der Waals surface area contributed by atoms with Crippen LogP contribution in [0.5, 0.6) is 0 Å². The molecule has 220 valence electrons. The van der Waals surface area contributed by atoms with Gasteiger partial charge < -0.3 is 9.31 Å². The van der Waals surface area contributed by atoms with Gasteiger partial charge in [0.05, 0.1) is 11.2 Å². The number of aromatic nitrogens is 3. The van der Waals surface area contributed by atoms with Gasteiger partial charge in [-0.2, -0.15) is 0 Å². The molecule has 7 rings (SSSR count). The second-order valence-corrected chi connectivity index (χ2v) is 12.4. The van der Waals surface area contributed by atoms with E-state index in [0.29, 0.717) is 17.5 Å². The largest absolute Gasteiger partial charge is 0.494 e. The number of hydrogen-bond donors (Lipinski definition) is 0. The molecular weight excluding hydrogens is 553 g/mol. The topological polar surface area (TPSA) is 57.1 Å². The molecule has 0 bridgehead atoms. The van der Waals surface area contributed by atoms with Crippen molar-refractivity contribution in [2.45, 2.75) is 38.9 Å². The van der Waals surface area contributed by atoms with Gasteiger partial charge in [-0.15, -0.1) is 0 Å². The first-order valence-corrected chi connectivity index (χ1v) is 15.3. The van der Waals surface area contributed by atoms with Gasteiger partial charge >= 0.3 is 7.12 Å². The molecular formula is C39H34BN3O2. The summed E-state index contributed by atoms with van der Waals surface area (Å²) in [5, 5.41) is 0. The molecule has 0 atom stereocenters. The highest BCUT2D eigenvalue weighted by Gasteiger charge is 2.51. The van der Waals surface area contributed by atoms with E-state index in [1.54, 1.807) is 0 Å². The molecule has 1 aliphatic heterocycles. The SMILES string of the molecule is CC1(C)OB(c2cccc(-c3cccc(-c4cccc(-c5nc(-c6ccccc6)nc(-c6ccccc6)n5)c4)c3)c2)OC1(C)C. The molecule has 0 spiro atoms. The minimum Gasteiger partial charge on any atom is -0.399 e. The molecule has 5 aromatic carbocycles. The van der Waals surface area contributed by atoms with Crippen molar-refractivity contribution in [2.75, 3.05) is 0 Å². The molecule has 6 heteroatoms. The van der Waals surface area contributed by atoms with Crippen LogP contribution in [0.3, 0.4) is 0 Å². The fourth-order valence-corrected chi connectivity index (χ4v) is 5.50. The second kappa shape index (κ2) is 11.5. The van der Waals surface area contributed by atoms with E-state index in [1.165, 1.54) is 0 Å². The average molecular weight is 588 g/mol. The second-order valence-electron chi connectivity index (χ2n) is 12.4. The van der Waals surface area contributed by atoms with Gasteiger partial charge in [-0.25, -0.2) is 15.0 Å². The maximum Gasteiger partial charge on any atom is 0.494 e. The molecule has 0 aliphatic carbocycles. The van der Waals surface area contributed by atoms with E-state index in [9.17, 15) is 0 Å². The Hall–Kier alpha value is -4.91. The summed E-state index contributed by atoms with van der Waals surface area (Å²) in [6.07, 6.45) is 0. The summed E-state index contributed by atoms with van der Waals surface area (Å²) in [4.78, 5) is 14.7. The van der Waals surface area contributed by atoms with Crippen LogP contribution in [0.1, 0.15) is 27.7 Å². The van der Waals surface area contributed by atoms with Crippen LogP contribution in [-0.4, -0.2) is 33.3 Å². The molecule has 0 radical (unpaired) electrons. The summed E-state index contributed by atoms with van der Waals surface area (Å²) in [7, 11) is -0.406. The highest BCUT2D eigenvalue weighted by atomic mass is 16.7. The van der Waals surface area contributed by atoms with Gasteiger partial charge in [-0.3, -0.25) is 0 Å². The summed E-state index contributed by atoms with van der Waals surface area (Å²) in [6, 6.07) is 45.5. The predicted octanol–water partition coefficient (Wildman–Crippen LogP) is 8.51. The molecule has 5 nitrogen and oxygen atoms in total. The summed E-state index contributed by atoms with van der Waals surface area (Å²) < 4.78 is 12.6. The van der Waals surface area contributed by atoms with Crippen LogP contribution < -0.4 is 5.46 Å². The summed E-state index contributed by atoms with van der Waals surface area (Å²) in [5.74, 6) is 1.93. The number of rotatable bonds is 6. The third-order valence-corrected chi connectivity index (χ3v) is 8.76. The third kappa shape index (κ3) is 5.83. The molecule has 1 fully saturated rings. The zero-order valence-corrected chi connectivity index (χ0v) is 25.9. The highest BCUT2D eigenvalue weighted by Crippen LogP contribution is 2.37. The normalized spacial score (nSPS) is 15.2. The van der Waals surface area contributed by atoms with Crippen LogP contribution in [0, 0.1) is 0 Å². The van der Waals surface area contributed by atoms with Crippen LogP contribution in [0.25, 0.3) is 56.4 Å². The van der Waals surface area contributed by atoms with E-state index in [4.69, 9.17) is 24.3 Å². The molecule has 2 heterocycles. The fraction of sp³-hybridized carbons (Fsp3) is 0.154. The Morgan fingerprint density at radius 3 is 1.24 bits per heavy atom. The van der Waals surface area contributed by atoms with Crippen LogP contribution in [-0.2, 0) is 9.31 Å². The summed E-state index contributed by atoms with van der Waals surface area (Å²) in [5.41, 5.74) is 7.48. The smallest absolute Gasteiger partial charge is 0.399 e. The monoisotopic (exact) mass is 587 g/mol.